The van der Waals surface area contributed by atoms with Crippen LogP contribution in [0.25, 0.3) is 0 Å². The van der Waals surface area contributed by atoms with E-state index in [1.807, 2.05) is 12.3 Å². The second-order valence-corrected chi connectivity index (χ2v) is 7.78. The van der Waals surface area contributed by atoms with Gasteiger partial charge in [0.25, 0.3) is 5.69 Å². The number of benzene rings is 2. The first-order valence-electron chi connectivity index (χ1n) is 9.39. The van der Waals surface area contributed by atoms with E-state index in [0.717, 1.165) is 0 Å². The van der Waals surface area contributed by atoms with Crippen LogP contribution < -0.4 is 0 Å². The summed E-state index contributed by atoms with van der Waals surface area (Å²) in [6, 6.07) is 14.5. The summed E-state index contributed by atoms with van der Waals surface area (Å²) in [7, 11) is 0. The molecule has 8 nitrogen and oxygen atoms in total. The van der Waals surface area contributed by atoms with Crippen molar-refractivity contribution in [3.8, 4) is 0 Å². The Morgan fingerprint density at radius 3 is 2.50 bits per heavy atom. The van der Waals surface area contributed by atoms with E-state index in [0.29, 0.717) is 23.3 Å². The van der Waals surface area contributed by atoms with Crippen LogP contribution in [0, 0.1) is 10.1 Å². The summed E-state index contributed by atoms with van der Waals surface area (Å²) in [4.78, 5) is 36.8. The molecular weight excluding hydrogens is 408 g/mol. The molecule has 1 aliphatic heterocycles. The van der Waals surface area contributed by atoms with E-state index >= 15 is 0 Å². The number of thioether (sulfide) groups is 1. The minimum Gasteiger partial charge on any atom is -0.457 e. The number of ether oxygens (including phenoxy) is 2. The minimum absolute atomic E-state index is 0.00772. The second-order valence-electron chi connectivity index (χ2n) is 6.87. The van der Waals surface area contributed by atoms with Gasteiger partial charge in [0, 0.05) is 30.3 Å². The highest BCUT2D eigenvalue weighted by Gasteiger charge is 2.38. The Balaban J connectivity index is 1.58. The van der Waals surface area contributed by atoms with E-state index in [4.69, 9.17) is 9.47 Å². The number of nitro benzene ring substituents is 1. The van der Waals surface area contributed by atoms with Gasteiger partial charge in [-0.1, -0.05) is 18.2 Å². The van der Waals surface area contributed by atoms with E-state index in [9.17, 15) is 19.7 Å². The average molecular weight is 430 g/mol. The predicted octanol–water partition coefficient (Wildman–Crippen LogP) is 3.89. The number of hydrogen-bond acceptors (Lipinski definition) is 7. The third kappa shape index (κ3) is 5.50. The number of amides is 1. The summed E-state index contributed by atoms with van der Waals surface area (Å²) in [6.45, 7) is 0.274. The lowest BCUT2D eigenvalue weighted by Gasteiger charge is -2.22. The number of nitrogens with zero attached hydrogens (tertiary/aromatic N) is 2. The average Bonchev–Trinajstić information content (AvgIpc) is 3.15. The molecule has 2 aromatic rings. The van der Waals surface area contributed by atoms with E-state index < -0.39 is 23.1 Å². The molecule has 3 rings (SSSR count). The van der Waals surface area contributed by atoms with Crippen molar-refractivity contribution < 1.29 is 24.0 Å². The van der Waals surface area contributed by atoms with Crippen molar-refractivity contribution in [3.63, 3.8) is 0 Å². The maximum atomic E-state index is 12.6. The van der Waals surface area contributed by atoms with Crippen molar-refractivity contribution in [1.82, 2.24) is 4.90 Å². The second kappa shape index (κ2) is 10.1. The standard InChI is InChI=1S/C21H22N2O6S/c1-30-14-18-11-19(29-20(24)16-5-3-2-4-6-16)12-22(18)21(25)28-13-15-7-9-17(10-8-15)23(26)27/h2-10,18-19H,11-14H2,1H3. The highest BCUT2D eigenvalue weighted by Crippen LogP contribution is 2.25. The van der Waals surface area contributed by atoms with Crippen LogP contribution in [0.15, 0.2) is 54.6 Å². The first-order valence-corrected chi connectivity index (χ1v) is 10.8. The van der Waals surface area contributed by atoms with Gasteiger partial charge in [-0.2, -0.15) is 11.8 Å². The van der Waals surface area contributed by atoms with Gasteiger partial charge in [0.2, 0.25) is 0 Å². The Morgan fingerprint density at radius 2 is 1.87 bits per heavy atom. The summed E-state index contributed by atoms with van der Waals surface area (Å²) in [5.74, 6) is 0.288. The van der Waals surface area contributed by atoms with Crippen LogP contribution in [0.5, 0.6) is 0 Å². The van der Waals surface area contributed by atoms with E-state index in [-0.39, 0.29) is 24.9 Å². The molecule has 1 heterocycles. The summed E-state index contributed by atoms with van der Waals surface area (Å²) >= 11 is 1.60. The number of non-ortho nitro benzene ring substituents is 1. The van der Waals surface area contributed by atoms with Crippen molar-refractivity contribution >= 4 is 29.5 Å². The smallest absolute Gasteiger partial charge is 0.410 e. The molecule has 0 saturated carbocycles. The zero-order chi connectivity index (χ0) is 21.5. The molecule has 2 atom stereocenters. The molecule has 1 amide bonds. The number of esters is 1. The van der Waals surface area contributed by atoms with Crippen molar-refractivity contribution in [3.05, 3.63) is 75.8 Å². The van der Waals surface area contributed by atoms with Crippen LogP contribution >= 0.6 is 11.8 Å². The van der Waals surface area contributed by atoms with Crippen LogP contribution in [0.4, 0.5) is 10.5 Å². The molecular formula is C21H22N2O6S. The fourth-order valence-electron chi connectivity index (χ4n) is 3.27. The Hall–Kier alpha value is -3.07. The van der Waals surface area contributed by atoms with Gasteiger partial charge >= 0.3 is 12.1 Å². The van der Waals surface area contributed by atoms with E-state index in [1.165, 1.54) is 12.1 Å². The fraction of sp³-hybridized carbons (Fsp3) is 0.333. The normalized spacial score (nSPS) is 18.1. The van der Waals surface area contributed by atoms with E-state index in [2.05, 4.69) is 0 Å². The third-order valence-electron chi connectivity index (χ3n) is 4.76. The topological polar surface area (TPSA) is 99.0 Å². The van der Waals surface area contributed by atoms with Crippen molar-refractivity contribution in [2.45, 2.75) is 25.2 Å². The summed E-state index contributed by atoms with van der Waals surface area (Å²) in [5.41, 5.74) is 1.10. The molecule has 9 heteroatoms. The van der Waals surface area contributed by atoms with Crippen LogP contribution in [0.2, 0.25) is 0 Å². The highest BCUT2D eigenvalue weighted by molar-refractivity contribution is 7.98. The largest absolute Gasteiger partial charge is 0.457 e. The van der Waals surface area contributed by atoms with Crippen molar-refractivity contribution in [2.75, 3.05) is 18.6 Å². The number of hydrogen-bond donors (Lipinski definition) is 0. The number of nitro groups is 1. The molecule has 0 N–H and O–H groups in total. The number of rotatable bonds is 7. The van der Waals surface area contributed by atoms with Gasteiger partial charge in [-0.05, 0) is 36.1 Å². The quantitative estimate of drug-likeness (QED) is 0.373. The first-order chi connectivity index (χ1) is 14.5. The summed E-state index contributed by atoms with van der Waals surface area (Å²) in [6.07, 6.45) is 1.60. The summed E-state index contributed by atoms with van der Waals surface area (Å²) < 4.78 is 11.0. The molecule has 2 unspecified atom stereocenters. The lowest BCUT2D eigenvalue weighted by Crippen LogP contribution is -2.37. The monoisotopic (exact) mass is 430 g/mol. The molecule has 1 saturated heterocycles. The lowest BCUT2D eigenvalue weighted by molar-refractivity contribution is -0.384. The maximum absolute atomic E-state index is 12.6. The SMILES string of the molecule is CSCC1CC(OC(=O)c2ccccc2)CN1C(=O)OCc1ccc([N+](=O)[O-])cc1. The van der Waals surface area contributed by atoms with Crippen LogP contribution in [-0.2, 0) is 16.1 Å². The molecule has 0 radical (unpaired) electrons. The zero-order valence-corrected chi connectivity index (χ0v) is 17.2. The van der Waals surface area contributed by atoms with Gasteiger partial charge in [-0.25, -0.2) is 9.59 Å². The van der Waals surface area contributed by atoms with Gasteiger partial charge in [-0.15, -0.1) is 0 Å². The Morgan fingerprint density at radius 1 is 1.17 bits per heavy atom. The van der Waals surface area contributed by atoms with Crippen LogP contribution in [-0.4, -0.2) is 52.6 Å². The third-order valence-corrected chi connectivity index (χ3v) is 5.48. The predicted molar refractivity (Wildman–Crippen MR) is 112 cm³/mol. The van der Waals surface area contributed by atoms with Gasteiger partial charge in [0.15, 0.2) is 0 Å². The first kappa shape index (κ1) is 21.6. The number of carbonyl (C=O) groups excluding carboxylic acids is 2. The van der Waals surface area contributed by atoms with Gasteiger partial charge < -0.3 is 14.4 Å². The molecule has 0 aromatic heterocycles. The maximum Gasteiger partial charge on any atom is 0.410 e. The lowest BCUT2D eigenvalue weighted by atomic mass is 10.2. The molecule has 0 spiro atoms. The highest BCUT2D eigenvalue weighted by atomic mass is 32.2. The zero-order valence-electron chi connectivity index (χ0n) is 16.4. The Bertz CT molecular complexity index is 890. The van der Waals surface area contributed by atoms with Gasteiger partial charge in [-0.3, -0.25) is 10.1 Å². The molecule has 30 heavy (non-hydrogen) atoms. The van der Waals surface area contributed by atoms with Crippen LogP contribution in [0.1, 0.15) is 22.3 Å². The van der Waals surface area contributed by atoms with Crippen molar-refractivity contribution in [1.29, 1.82) is 0 Å². The molecule has 0 aliphatic carbocycles. The van der Waals surface area contributed by atoms with Gasteiger partial charge in [0.05, 0.1) is 17.0 Å². The molecule has 158 valence electrons. The van der Waals surface area contributed by atoms with Gasteiger partial charge in [0.1, 0.15) is 12.7 Å². The number of likely N-dealkylation sites (tertiary alicyclic amines) is 1. The molecule has 1 aliphatic rings. The Labute approximate surface area is 178 Å². The number of carbonyl (C=O) groups is 2. The Kier molecular flexibility index (Phi) is 7.29. The summed E-state index contributed by atoms with van der Waals surface area (Å²) in [5, 5.41) is 10.7. The van der Waals surface area contributed by atoms with E-state index in [1.54, 1.807) is 53.1 Å². The van der Waals surface area contributed by atoms with Crippen molar-refractivity contribution in [2.24, 2.45) is 0 Å². The minimum atomic E-state index is -0.495. The van der Waals surface area contributed by atoms with Crippen LogP contribution in [0.3, 0.4) is 0 Å². The molecule has 2 aromatic carbocycles. The fourth-order valence-corrected chi connectivity index (χ4v) is 3.97. The molecule has 0 bridgehead atoms. The molecule has 1 fully saturated rings.